The van der Waals surface area contributed by atoms with Gasteiger partial charge >= 0.3 is 0 Å². The molecule has 2 amide bonds. The highest BCUT2D eigenvalue weighted by molar-refractivity contribution is 5.85. The van der Waals surface area contributed by atoms with Crippen molar-refractivity contribution in [1.82, 2.24) is 16.0 Å². The van der Waals surface area contributed by atoms with Gasteiger partial charge in [-0.3, -0.25) is 9.59 Å². The zero-order valence-electron chi connectivity index (χ0n) is 10.4. The van der Waals surface area contributed by atoms with Gasteiger partial charge in [-0.15, -0.1) is 12.4 Å². The molecule has 100 valence electrons. The molecule has 1 aliphatic rings. The number of hydrogen-bond donors (Lipinski definition) is 3. The number of carbonyl (C=O) groups is 2. The van der Waals surface area contributed by atoms with Gasteiger partial charge in [0.2, 0.25) is 11.8 Å². The predicted molar refractivity (Wildman–Crippen MR) is 69.1 cm³/mol. The molecule has 1 fully saturated rings. The normalized spacial score (nSPS) is 18.6. The Morgan fingerprint density at radius 2 is 1.94 bits per heavy atom. The van der Waals surface area contributed by atoms with Crippen LogP contribution in [0.1, 0.15) is 26.7 Å². The Balaban J connectivity index is 0.00000256. The highest BCUT2D eigenvalue weighted by atomic mass is 35.5. The third kappa shape index (κ3) is 5.89. The molecule has 1 atom stereocenters. The Labute approximate surface area is 109 Å². The van der Waals surface area contributed by atoms with Crippen LogP contribution in [0.2, 0.25) is 0 Å². The van der Waals surface area contributed by atoms with Crippen molar-refractivity contribution in [3.63, 3.8) is 0 Å². The summed E-state index contributed by atoms with van der Waals surface area (Å²) in [5.74, 6) is 0.0525. The van der Waals surface area contributed by atoms with E-state index >= 15 is 0 Å². The highest BCUT2D eigenvalue weighted by Crippen LogP contribution is 2.03. The van der Waals surface area contributed by atoms with E-state index in [1.165, 1.54) is 0 Å². The summed E-state index contributed by atoms with van der Waals surface area (Å²) in [6, 6.07) is -0.0409. The van der Waals surface area contributed by atoms with Gasteiger partial charge in [0.15, 0.2) is 0 Å². The number of carbonyl (C=O) groups excluding carboxylic acids is 2. The molecule has 1 rings (SSSR count). The molecule has 5 nitrogen and oxygen atoms in total. The van der Waals surface area contributed by atoms with Gasteiger partial charge in [-0.2, -0.15) is 0 Å². The summed E-state index contributed by atoms with van der Waals surface area (Å²) in [6.07, 6.45) is 1.96. The van der Waals surface area contributed by atoms with Crippen LogP contribution in [0.25, 0.3) is 0 Å². The zero-order valence-corrected chi connectivity index (χ0v) is 11.2. The summed E-state index contributed by atoms with van der Waals surface area (Å²) in [4.78, 5) is 22.7. The number of rotatable bonds is 5. The molecular formula is C11H22ClN3O2. The molecule has 0 spiro atoms. The second-order valence-electron chi connectivity index (χ2n) is 4.39. The van der Waals surface area contributed by atoms with E-state index in [0.717, 1.165) is 19.4 Å². The molecule has 0 bridgehead atoms. The first-order chi connectivity index (χ1) is 7.61. The van der Waals surface area contributed by atoms with Gasteiger partial charge in [0.1, 0.15) is 0 Å². The third-order valence-electron chi connectivity index (χ3n) is 2.62. The van der Waals surface area contributed by atoms with Gasteiger partial charge < -0.3 is 16.0 Å². The number of amides is 2. The minimum Gasteiger partial charge on any atom is -0.354 e. The van der Waals surface area contributed by atoms with E-state index in [1.54, 1.807) is 0 Å². The molecular weight excluding hydrogens is 242 g/mol. The van der Waals surface area contributed by atoms with Gasteiger partial charge in [0, 0.05) is 19.0 Å². The van der Waals surface area contributed by atoms with Crippen LogP contribution in [-0.4, -0.2) is 37.5 Å². The fourth-order valence-corrected chi connectivity index (χ4v) is 1.61. The summed E-state index contributed by atoms with van der Waals surface area (Å²) in [7, 11) is 0. The number of nitrogens with one attached hydrogen (secondary N) is 3. The smallest absolute Gasteiger partial charge is 0.237 e. The molecule has 0 aromatic rings. The van der Waals surface area contributed by atoms with E-state index in [1.807, 2.05) is 13.8 Å². The van der Waals surface area contributed by atoms with Crippen molar-refractivity contribution in [2.45, 2.75) is 32.7 Å². The van der Waals surface area contributed by atoms with E-state index in [4.69, 9.17) is 0 Å². The lowest BCUT2D eigenvalue weighted by Gasteiger charge is -2.12. The van der Waals surface area contributed by atoms with Crippen molar-refractivity contribution < 1.29 is 9.59 Å². The van der Waals surface area contributed by atoms with Crippen LogP contribution in [-0.2, 0) is 9.59 Å². The van der Waals surface area contributed by atoms with Crippen LogP contribution in [0.15, 0.2) is 0 Å². The van der Waals surface area contributed by atoms with Gasteiger partial charge in [-0.05, 0) is 19.4 Å². The molecule has 17 heavy (non-hydrogen) atoms. The van der Waals surface area contributed by atoms with Crippen molar-refractivity contribution >= 4 is 24.2 Å². The minimum absolute atomic E-state index is 0. The number of halogens is 1. The average molecular weight is 264 g/mol. The van der Waals surface area contributed by atoms with E-state index in [-0.39, 0.29) is 36.2 Å². The largest absolute Gasteiger partial charge is 0.354 e. The fraction of sp³-hybridized carbons (Fsp3) is 0.818. The van der Waals surface area contributed by atoms with Crippen LogP contribution in [0.5, 0.6) is 0 Å². The molecule has 0 aromatic carbocycles. The van der Waals surface area contributed by atoms with Crippen molar-refractivity contribution in [3.8, 4) is 0 Å². The predicted octanol–water partition coefficient (Wildman–Crippen LogP) is 0.0486. The van der Waals surface area contributed by atoms with Gasteiger partial charge in [0.05, 0.1) is 6.04 Å². The van der Waals surface area contributed by atoms with Crippen molar-refractivity contribution in [2.24, 2.45) is 5.92 Å². The first-order valence-electron chi connectivity index (χ1n) is 5.90. The Bertz CT molecular complexity index is 253. The molecule has 0 radical (unpaired) electrons. The van der Waals surface area contributed by atoms with Crippen LogP contribution >= 0.6 is 12.4 Å². The highest BCUT2D eigenvalue weighted by Gasteiger charge is 2.21. The molecule has 0 aromatic heterocycles. The summed E-state index contributed by atoms with van der Waals surface area (Å²) >= 11 is 0. The van der Waals surface area contributed by atoms with Crippen LogP contribution < -0.4 is 16.0 Å². The lowest BCUT2D eigenvalue weighted by atomic mass is 10.2. The van der Waals surface area contributed by atoms with Crippen molar-refractivity contribution in [1.29, 1.82) is 0 Å². The van der Waals surface area contributed by atoms with E-state index in [2.05, 4.69) is 16.0 Å². The first kappa shape index (κ1) is 16.2. The quantitative estimate of drug-likeness (QED) is 0.614. The first-order valence-corrected chi connectivity index (χ1v) is 5.90. The Morgan fingerprint density at radius 1 is 1.29 bits per heavy atom. The lowest BCUT2D eigenvalue weighted by molar-refractivity contribution is -0.125. The molecule has 0 saturated carbocycles. The minimum atomic E-state index is -0.0409. The maximum absolute atomic E-state index is 11.5. The Hall–Kier alpha value is -0.810. The monoisotopic (exact) mass is 263 g/mol. The standard InChI is InChI=1S/C11H21N3O2.ClH/c1-8(2)10(15)13-6-7-14-11(16)9-4-3-5-12-9;/h8-9,12H,3-7H2,1-2H3,(H,13,15)(H,14,16);1H. The molecule has 1 saturated heterocycles. The molecule has 1 heterocycles. The molecule has 6 heteroatoms. The van der Waals surface area contributed by atoms with Crippen LogP contribution in [0.4, 0.5) is 0 Å². The fourth-order valence-electron chi connectivity index (χ4n) is 1.61. The van der Waals surface area contributed by atoms with E-state index < -0.39 is 0 Å². The summed E-state index contributed by atoms with van der Waals surface area (Å²) in [5.41, 5.74) is 0. The Kier molecular flexibility index (Phi) is 7.91. The van der Waals surface area contributed by atoms with Gasteiger partial charge in [-0.25, -0.2) is 0 Å². The zero-order chi connectivity index (χ0) is 12.0. The maximum atomic E-state index is 11.5. The third-order valence-corrected chi connectivity index (χ3v) is 2.62. The topological polar surface area (TPSA) is 70.2 Å². The second-order valence-corrected chi connectivity index (χ2v) is 4.39. The molecule has 3 N–H and O–H groups in total. The second kappa shape index (κ2) is 8.31. The van der Waals surface area contributed by atoms with Gasteiger partial charge in [0.25, 0.3) is 0 Å². The van der Waals surface area contributed by atoms with Crippen LogP contribution in [0, 0.1) is 5.92 Å². The lowest BCUT2D eigenvalue weighted by Crippen LogP contribution is -2.43. The Morgan fingerprint density at radius 3 is 2.47 bits per heavy atom. The number of hydrogen-bond acceptors (Lipinski definition) is 3. The summed E-state index contributed by atoms with van der Waals surface area (Å²) in [6.45, 7) is 5.60. The van der Waals surface area contributed by atoms with Gasteiger partial charge in [-0.1, -0.05) is 13.8 Å². The van der Waals surface area contributed by atoms with Crippen molar-refractivity contribution in [3.05, 3.63) is 0 Å². The van der Waals surface area contributed by atoms with Crippen LogP contribution in [0.3, 0.4) is 0 Å². The molecule has 1 aliphatic heterocycles. The average Bonchev–Trinajstić information content (AvgIpc) is 2.76. The summed E-state index contributed by atoms with van der Waals surface area (Å²) in [5, 5.41) is 8.68. The SMILES string of the molecule is CC(C)C(=O)NCCNC(=O)C1CCCN1.Cl. The maximum Gasteiger partial charge on any atom is 0.237 e. The molecule has 1 unspecified atom stereocenters. The van der Waals surface area contributed by atoms with E-state index in [0.29, 0.717) is 13.1 Å². The van der Waals surface area contributed by atoms with E-state index in [9.17, 15) is 9.59 Å². The summed E-state index contributed by atoms with van der Waals surface area (Å²) < 4.78 is 0. The van der Waals surface area contributed by atoms with Crippen molar-refractivity contribution in [2.75, 3.05) is 19.6 Å². The molecule has 0 aliphatic carbocycles.